The lowest BCUT2D eigenvalue weighted by Crippen LogP contribution is -2.51. The molecule has 4 rings (SSSR count). The van der Waals surface area contributed by atoms with E-state index in [9.17, 15) is 18.8 Å². The zero-order valence-corrected chi connectivity index (χ0v) is 15.0. The molecule has 0 bridgehead atoms. The van der Waals surface area contributed by atoms with Gasteiger partial charge in [-0.25, -0.2) is 9.18 Å². The first-order valence-corrected chi connectivity index (χ1v) is 9.36. The summed E-state index contributed by atoms with van der Waals surface area (Å²) in [5.41, 5.74) is 1.50. The summed E-state index contributed by atoms with van der Waals surface area (Å²) in [6, 6.07) is 5.21. The number of halogens is 1. The van der Waals surface area contributed by atoms with Crippen LogP contribution in [0.15, 0.2) is 24.3 Å². The minimum absolute atomic E-state index is 0.310. The van der Waals surface area contributed by atoms with Gasteiger partial charge in [0, 0.05) is 4.70 Å². The number of imide groups is 1. The first-order chi connectivity index (χ1) is 12.4. The maximum absolute atomic E-state index is 13.3. The van der Waals surface area contributed by atoms with E-state index in [1.807, 2.05) is 0 Å². The predicted octanol–water partition coefficient (Wildman–Crippen LogP) is 3.19. The van der Waals surface area contributed by atoms with Crippen LogP contribution in [0.1, 0.15) is 42.3 Å². The molecule has 136 valence electrons. The highest BCUT2D eigenvalue weighted by molar-refractivity contribution is 7.20. The van der Waals surface area contributed by atoms with Crippen molar-refractivity contribution in [1.82, 2.24) is 15.8 Å². The summed E-state index contributed by atoms with van der Waals surface area (Å²) >= 11 is 1.18. The zero-order valence-electron chi connectivity index (χ0n) is 14.2. The van der Waals surface area contributed by atoms with E-state index >= 15 is 0 Å². The molecule has 1 saturated carbocycles. The third kappa shape index (κ3) is 2.74. The van der Waals surface area contributed by atoms with Crippen molar-refractivity contribution in [2.24, 2.45) is 5.92 Å². The Labute approximate surface area is 153 Å². The van der Waals surface area contributed by atoms with Gasteiger partial charge < -0.3 is 5.32 Å². The number of carbonyl (C=O) groups is 3. The molecule has 1 aromatic carbocycles. The molecule has 2 fully saturated rings. The van der Waals surface area contributed by atoms with Crippen molar-refractivity contribution in [3.63, 3.8) is 0 Å². The van der Waals surface area contributed by atoms with E-state index < -0.39 is 23.4 Å². The Morgan fingerprint density at radius 3 is 2.77 bits per heavy atom. The SMILES string of the molecule is CC1CCC2(CC1)NC(=O)N(NC(=O)c1cc3cc(F)ccc3s1)C2=O. The van der Waals surface area contributed by atoms with E-state index in [4.69, 9.17) is 0 Å². The summed E-state index contributed by atoms with van der Waals surface area (Å²) in [5.74, 6) is -0.830. The van der Waals surface area contributed by atoms with Crippen molar-refractivity contribution in [2.75, 3.05) is 0 Å². The molecule has 0 unspecified atom stereocenters. The first kappa shape index (κ1) is 17.0. The third-order valence-electron chi connectivity index (χ3n) is 5.21. The second-order valence-corrected chi connectivity index (χ2v) is 8.15. The lowest BCUT2D eigenvalue weighted by molar-refractivity contribution is -0.134. The predicted molar refractivity (Wildman–Crippen MR) is 95.0 cm³/mol. The Hall–Kier alpha value is -2.48. The second-order valence-electron chi connectivity index (χ2n) is 7.07. The number of hydrogen-bond donors (Lipinski definition) is 2. The van der Waals surface area contributed by atoms with Crippen molar-refractivity contribution in [3.05, 3.63) is 35.0 Å². The molecule has 8 heteroatoms. The van der Waals surface area contributed by atoms with Crippen LogP contribution in [0.5, 0.6) is 0 Å². The largest absolute Gasteiger partial charge is 0.344 e. The van der Waals surface area contributed by atoms with Crippen LogP contribution in [0.25, 0.3) is 10.1 Å². The second kappa shape index (κ2) is 6.05. The molecule has 26 heavy (non-hydrogen) atoms. The van der Waals surface area contributed by atoms with Crippen LogP contribution in [0.4, 0.5) is 9.18 Å². The fraction of sp³-hybridized carbons (Fsp3) is 0.389. The van der Waals surface area contributed by atoms with Gasteiger partial charge in [0.25, 0.3) is 11.8 Å². The van der Waals surface area contributed by atoms with Crippen molar-refractivity contribution < 1.29 is 18.8 Å². The molecule has 2 aliphatic rings. The van der Waals surface area contributed by atoms with E-state index in [0.29, 0.717) is 29.0 Å². The van der Waals surface area contributed by atoms with Crippen LogP contribution in [-0.2, 0) is 4.79 Å². The number of rotatable bonds is 2. The van der Waals surface area contributed by atoms with Crippen molar-refractivity contribution in [2.45, 2.75) is 38.1 Å². The summed E-state index contributed by atoms with van der Waals surface area (Å²) in [6.45, 7) is 2.12. The highest BCUT2D eigenvalue weighted by Gasteiger charge is 2.52. The van der Waals surface area contributed by atoms with Gasteiger partial charge in [-0.05, 0) is 61.3 Å². The van der Waals surface area contributed by atoms with Crippen LogP contribution in [0.3, 0.4) is 0 Å². The average Bonchev–Trinajstić information content (AvgIpc) is 3.12. The summed E-state index contributed by atoms with van der Waals surface area (Å²) in [7, 11) is 0. The van der Waals surface area contributed by atoms with Crippen molar-refractivity contribution >= 4 is 39.3 Å². The summed E-state index contributed by atoms with van der Waals surface area (Å²) < 4.78 is 14.1. The van der Waals surface area contributed by atoms with Crippen LogP contribution >= 0.6 is 11.3 Å². The van der Waals surface area contributed by atoms with Gasteiger partial charge in [-0.15, -0.1) is 11.3 Å². The number of amides is 4. The molecule has 1 aliphatic heterocycles. The van der Waals surface area contributed by atoms with Gasteiger partial charge in [0.05, 0.1) is 4.88 Å². The highest BCUT2D eigenvalue weighted by Crippen LogP contribution is 2.36. The standard InChI is InChI=1S/C18H18FN3O3S/c1-10-4-6-18(7-5-10)16(24)22(17(25)20-18)21-15(23)14-9-11-8-12(19)2-3-13(11)26-14/h2-3,8-10H,4-7H2,1H3,(H,20,25)(H,21,23). The molecule has 0 atom stereocenters. The highest BCUT2D eigenvalue weighted by atomic mass is 32.1. The molecule has 0 radical (unpaired) electrons. The lowest BCUT2D eigenvalue weighted by Gasteiger charge is -2.33. The van der Waals surface area contributed by atoms with Gasteiger partial charge in [-0.3, -0.25) is 15.0 Å². The quantitative estimate of drug-likeness (QED) is 0.792. The Kier molecular flexibility index (Phi) is 3.95. The van der Waals surface area contributed by atoms with Crippen molar-refractivity contribution in [1.29, 1.82) is 0 Å². The molecule has 2 heterocycles. The van der Waals surface area contributed by atoms with E-state index in [1.165, 1.54) is 23.5 Å². The average molecular weight is 375 g/mol. The first-order valence-electron chi connectivity index (χ1n) is 8.55. The Bertz CT molecular complexity index is 918. The molecule has 4 amide bonds. The summed E-state index contributed by atoms with van der Waals surface area (Å²) in [6.07, 6.45) is 2.87. The third-order valence-corrected chi connectivity index (χ3v) is 6.32. The molecule has 1 aliphatic carbocycles. The lowest BCUT2D eigenvalue weighted by atomic mass is 9.77. The summed E-state index contributed by atoms with van der Waals surface area (Å²) in [5, 5.41) is 4.14. The fourth-order valence-corrected chi connectivity index (χ4v) is 4.53. The summed E-state index contributed by atoms with van der Waals surface area (Å²) in [4.78, 5) is 37.8. The van der Waals surface area contributed by atoms with Crippen LogP contribution in [0.2, 0.25) is 0 Å². The Balaban J connectivity index is 1.53. The van der Waals surface area contributed by atoms with Crippen molar-refractivity contribution in [3.8, 4) is 0 Å². The van der Waals surface area contributed by atoms with Gasteiger partial charge in [0.2, 0.25) is 0 Å². The fourth-order valence-electron chi connectivity index (χ4n) is 3.60. The van der Waals surface area contributed by atoms with Gasteiger partial charge in [0.1, 0.15) is 11.4 Å². The monoisotopic (exact) mass is 375 g/mol. The van der Waals surface area contributed by atoms with Gasteiger partial charge in [-0.2, -0.15) is 5.01 Å². The van der Waals surface area contributed by atoms with Gasteiger partial charge in [0.15, 0.2) is 0 Å². The number of hydrazine groups is 1. The molecule has 1 saturated heterocycles. The normalized spacial score (nSPS) is 25.8. The van der Waals surface area contributed by atoms with Crippen LogP contribution in [-0.4, -0.2) is 28.4 Å². The van der Waals surface area contributed by atoms with Crippen LogP contribution in [0, 0.1) is 11.7 Å². The number of fused-ring (bicyclic) bond motifs is 1. The molecular formula is C18H18FN3O3S. The molecule has 1 aromatic heterocycles. The maximum Gasteiger partial charge on any atom is 0.344 e. The smallest absolute Gasteiger partial charge is 0.322 e. The number of thiophene rings is 1. The van der Waals surface area contributed by atoms with Crippen LogP contribution < -0.4 is 10.7 Å². The Morgan fingerprint density at radius 1 is 1.31 bits per heavy atom. The van der Waals surface area contributed by atoms with Gasteiger partial charge in [-0.1, -0.05) is 6.92 Å². The van der Waals surface area contributed by atoms with Gasteiger partial charge >= 0.3 is 6.03 Å². The number of urea groups is 1. The molecule has 2 N–H and O–H groups in total. The van der Waals surface area contributed by atoms with E-state index in [1.54, 1.807) is 12.1 Å². The molecule has 1 spiro atoms. The maximum atomic E-state index is 13.3. The Morgan fingerprint density at radius 2 is 2.04 bits per heavy atom. The minimum atomic E-state index is -0.903. The molecular weight excluding hydrogens is 357 g/mol. The number of hydrogen-bond acceptors (Lipinski definition) is 4. The minimum Gasteiger partial charge on any atom is -0.322 e. The zero-order chi connectivity index (χ0) is 18.5. The molecule has 2 aromatic rings. The van der Waals surface area contributed by atoms with E-state index in [2.05, 4.69) is 17.7 Å². The van der Waals surface area contributed by atoms with E-state index in [0.717, 1.165) is 22.6 Å². The van der Waals surface area contributed by atoms with E-state index in [-0.39, 0.29) is 5.82 Å². The number of benzene rings is 1. The molecule has 6 nitrogen and oxygen atoms in total. The number of carbonyl (C=O) groups excluding carboxylic acids is 3. The topological polar surface area (TPSA) is 78.5 Å². The number of nitrogens with zero attached hydrogens (tertiary/aromatic N) is 1. The number of nitrogens with one attached hydrogen (secondary N) is 2.